The number of ether oxygens (including phenoxy) is 1. The van der Waals surface area contributed by atoms with Crippen molar-refractivity contribution >= 4 is 11.8 Å². The molecule has 3 heteroatoms. The largest absolute Gasteiger partial charge is 0.486 e. The molecule has 0 fully saturated rings. The lowest BCUT2D eigenvalue weighted by molar-refractivity contribution is 0.290. The molecule has 0 saturated carbocycles. The zero-order valence-electron chi connectivity index (χ0n) is 9.90. The number of nitrogen functional groups attached to an aromatic ring is 1. The quantitative estimate of drug-likeness (QED) is 0.832. The Kier molecular flexibility index (Phi) is 3.63. The van der Waals surface area contributed by atoms with E-state index in [0.717, 1.165) is 5.56 Å². The van der Waals surface area contributed by atoms with Crippen LogP contribution in [0.15, 0.2) is 49.0 Å². The molecule has 0 heterocycles. The van der Waals surface area contributed by atoms with Gasteiger partial charge in [-0.1, -0.05) is 43.0 Å². The molecule has 0 saturated heterocycles. The standard InChI is InChI=1S/C15H14FNO/c1-2-12-8-15(13(16)9-14(12)17)18-10-11-6-4-3-5-7-11/h2-9H,1,10,17H2. The van der Waals surface area contributed by atoms with Gasteiger partial charge < -0.3 is 10.5 Å². The topological polar surface area (TPSA) is 35.2 Å². The van der Waals surface area contributed by atoms with E-state index in [2.05, 4.69) is 6.58 Å². The van der Waals surface area contributed by atoms with Crippen LogP contribution in [0.5, 0.6) is 5.75 Å². The second-order valence-corrected chi connectivity index (χ2v) is 3.89. The maximum Gasteiger partial charge on any atom is 0.167 e. The Bertz CT molecular complexity index is 552. The lowest BCUT2D eigenvalue weighted by atomic mass is 10.1. The highest BCUT2D eigenvalue weighted by Crippen LogP contribution is 2.25. The maximum atomic E-state index is 13.6. The first kappa shape index (κ1) is 12.2. The van der Waals surface area contributed by atoms with Crippen LogP contribution in [-0.4, -0.2) is 0 Å². The molecular formula is C15H14FNO. The van der Waals surface area contributed by atoms with Gasteiger partial charge in [-0.25, -0.2) is 4.39 Å². The zero-order valence-corrected chi connectivity index (χ0v) is 9.90. The van der Waals surface area contributed by atoms with Gasteiger partial charge in [0, 0.05) is 17.3 Å². The molecule has 0 aromatic heterocycles. The van der Waals surface area contributed by atoms with E-state index < -0.39 is 5.82 Å². The van der Waals surface area contributed by atoms with Gasteiger partial charge in [0.05, 0.1) is 0 Å². The summed E-state index contributed by atoms with van der Waals surface area (Å²) in [4.78, 5) is 0. The fourth-order valence-electron chi connectivity index (χ4n) is 1.61. The number of hydrogen-bond donors (Lipinski definition) is 1. The summed E-state index contributed by atoms with van der Waals surface area (Å²) in [6.45, 7) is 3.94. The molecule has 0 spiro atoms. The van der Waals surface area contributed by atoms with Gasteiger partial charge >= 0.3 is 0 Å². The number of halogens is 1. The van der Waals surface area contributed by atoms with E-state index in [0.29, 0.717) is 17.9 Å². The minimum atomic E-state index is -0.464. The molecule has 0 aliphatic rings. The van der Waals surface area contributed by atoms with Crippen LogP contribution >= 0.6 is 0 Å². The summed E-state index contributed by atoms with van der Waals surface area (Å²) >= 11 is 0. The van der Waals surface area contributed by atoms with Crippen LogP contribution in [0.3, 0.4) is 0 Å². The van der Waals surface area contributed by atoms with E-state index >= 15 is 0 Å². The van der Waals surface area contributed by atoms with E-state index in [-0.39, 0.29) is 5.75 Å². The SMILES string of the molecule is C=Cc1cc(OCc2ccccc2)c(F)cc1N. The van der Waals surface area contributed by atoms with Crippen LogP contribution in [0, 0.1) is 5.82 Å². The van der Waals surface area contributed by atoms with Crippen molar-refractivity contribution < 1.29 is 9.13 Å². The molecular weight excluding hydrogens is 229 g/mol. The smallest absolute Gasteiger partial charge is 0.167 e. The van der Waals surface area contributed by atoms with Crippen LogP contribution in [0.2, 0.25) is 0 Å². The van der Waals surface area contributed by atoms with Crippen molar-refractivity contribution in [1.29, 1.82) is 0 Å². The van der Waals surface area contributed by atoms with E-state index in [1.54, 1.807) is 12.1 Å². The van der Waals surface area contributed by atoms with E-state index in [1.807, 2.05) is 30.3 Å². The summed E-state index contributed by atoms with van der Waals surface area (Å²) < 4.78 is 19.1. The molecule has 2 aromatic rings. The van der Waals surface area contributed by atoms with Crippen molar-refractivity contribution in [3.05, 3.63) is 66.0 Å². The van der Waals surface area contributed by atoms with Crippen LogP contribution in [0.1, 0.15) is 11.1 Å². The number of hydrogen-bond acceptors (Lipinski definition) is 2. The molecule has 2 nitrogen and oxygen atoms in total. The summed E-state index contributed by atoms with van der Waals surface area (Å²) in [5.74, 6) is -0.281. The predicted octanol–water partition coefficient (Wildman–Crippen LogP) is 3.63. The zero-order chi connectivity index (χ0) is 13.0. The Labute approximate surface area is 106 Å². The van der Waals surface area contributed by atoms with Gasteiger partial charge in [-0.15, -0.1) is 0 Å². The third-order valence-corrected chi connectivity index (χ3v) is 2.59. The first-order valence-corrected chi connectivity index (χ1v) is 5.59. The first-order valence-electron chi connectivity index (χ1n) is 5.59. The summed E-state index contributed by atoms with van der Waals surface area (Å²) in [6.07, 6.45) is 1.57. The van der Waals surface area contributed by atoms with Crippen molar-refractivity contribution in [2.75, 3.05) is 5.73 Å². The number of rotatable bonds is 4. The molecule has 0 atom stereocenters. The third-order valence-electron chi connectivity index (χ3n) is 2.59. The molecule has 0 radical (unpaired) electrons. The monoisotopic (exact) mass is 243 g/mol. The number of benzene rings is 2. The van der Waals surface area contributed by atoms with Gasteiger partial charge in [0.2, 0.25) is 0 Å². The summed E-state index contributed by atoms with van der Waals surface area (Å²) in [5.41, 5.74) is 7.64. The van der Waals surface area contributed by atoms with Crippen LogP contribution in [0.25, 0.3) is 6.08 Å². The Morgan fingerprint density at radius 3 is 2.61 bits per heavy atom. The van der Waals surface area contributed by atoms with Gasteiger partial charge in [-0.3, -0.25) is 0 Å². The lowest BCUT2D eigenvalue weighted by Crippen LogP contribution is -1.99. The summed E-state index contributed by atoms with van der Waals surface area (Å²) in [7, 11) is 0. The molecule has 2 rings (SSSR count). The molecule has 2 N–H and O–H groups in total. The second kappa shape index (κ2) is 5.36. The number of anilines is 1. The minimum absolute atomic E-state index is 0.183. The van der Waals surface area contributed by atoms with E-state index in [9.17, 15) is 4.39 Å². The van der Waals surface area contributed by atoms with Crippen LogP contribution in [-0.2, 0) is 6.61 Å². The average molecular weight is 243 g/mol. The molecule has 0 unspecified atom stereocenters. The maximum absolute atomic E-state index is 13.6. The van der Waals surface area contributed by atoms with Gasteiger partial charge in [-0.2, -0.15) is 0 Å². The van der Waals surface area contributed by atoms with Crippen molar-refractivity contribution in [3.63, 3.8) is 0 Å². The molecule has 2 aromatic carbocycles. The van der Waals surface area contributed by atoms with Crippen molar-refractivity contribution in [1.82, 2.24) is 0 Å². The van der Waals surface area contributed by atoms with Crippen molar-refractivity contribution in [2.45, 2.75) is 6.61 Å². The molecule has 0 aliphatic carbocycles. The van der Waals surface area contributed by atoms with E-state index in [1.165, 1.54) is 6.07 Å². The summed E-state index contributed by atoms with van der Waals surface area (Å²) in [5, 5.41) is 0. The fraction of sp³-hybridized carbons (Fsp3) is 0.0667. The second-order valence-electron chi connectivity index (χ2n) is 3.89. The van der Waals surface area contributed by atoms with Crippen LogP contribution in [0.4, 0.5) is 10.1 Å². The molecule has 92 valence electrons. The third kappa shape index (κ3) is 2.69. The van der Waals surface area contributed by atoms with Gasteiger partial charge in [0.1, 0.15) is 6.61 Å². The average Bonchev–Trinajstić information content (AvgIpc) is 2.39. The van der Waals surface area contributed by atoms with Crippen molar-refractivity contribution in [2.24, 2.45) is 0 Å². The predicted molar refractivity (Wildman–Crippen MR) is 71.7 cm³/mol. The minimum Gasteiger partial charge on any atom is -0.486 e. The Balaban J connectivity index is 2.17. The molecule has 0 aliphatic heterocycles. The first-order chi connectivity index (χ1) is 8.70. The highest BCUT2D eigenvalue weighted by atomic mass is 19.1. The molecule has 18 heavy (non-hydrogen) atoms. The van der Waals surface area contributed by atoms with E-state index in [4.69, 9.17) is 10.5 Å². The van der Waals surface area contributed by atoms with Crippen molar-refractivity contribution in [3.8, 4) is 5.75 Å². The van der Waals surface area contributed by atoms with Crippen LogP contribution < -0.4 is 10.5 Å². The van der Waals surface area contributed by atoms with Gasteiger partial charge in [0.25, 0.3) is 0 Å². The Morgan fingerprint density at radius 2 is 1.94 bits per heavy atom. The fourth-order valence-corrected chi connectivity index (χ4v) is 1.61. The highest BCUT2D eigenvalue weighted by Gasteiger charge is 2.07. The summed E-state index contributed by atoms with van der Waals surface area (Å²) in [6, 6.07) is 12.4. The number of nitrogens with two attached hydrogens (primary N) is 1. The van der Waals surface area contributed by atoms with Gasteiger partial charge in [-0.05, 0) is 11.6 Å². The lowest BCUT2D eigenvalue weighted by Gasteiger charge is -2.09. The Morgan fingerprint density at radius 1 is 1.22 bits per heavy atom. The Hall–Kier alpha value is -2.29. The highest BCUT2D eigenvalue weighted by molar-refractivity contribution is 5.65. The normalized spacial score (nSPS) is 10.1. The molecule has 0 bridgehead atoms. The molecule has 0 amide bonds. The van der Waals surface area contributed by atoms with Gasteiger partial charge in [0.15, 0.2) is 11.6 Å².